The summed E-state index contributed by atoms with van der Waals surface area (Å²) < 4.78 is 40.4. The van der Waals surface area contributed by atoms with E-state index in [0.29, 0.717) is 5.69 Å². The molecule has 118 valence electrons. The Kier molecular flexibility index (Phi) is 3.87. The van der Waals surface area contributed by atoms with Crippen LogP contribution in [0.5, 0.6) is 0 Å². The van der Waals surface area contributed by atoms with Crippen LogP contribution in [0.25, 0.3) is 11.3 Å². The molecule has 2 N–H and O–H groups in total. The Labute approximate surface area is 133 Å². The van der Waals surface area contributed by atoms with E-state index in [2.05, 4.69) is 14.7 Å². The van der Waals surface area contributed by atoms with E-state index in [1.54, 1.807) is 36.8 Å². The molecule has 1 aromatic heterocycles. The van der Waals surface area contributed by atoms with E-state index < -0.39 is 15.8 Å². The maximum atomic E-state index is 13.3. The largest absolute Gasteiger partial charge is 0.345 e. The number of aromatic amines is 1. The first-order valence-corrected chi connectivity index (χ1v) is 8.32. The lowest BCUT2D eigenvalue weighted by Gasteiger charge is -2.09. The van der Waals surface area contributed by atoms with Crippen LogP contribution in [0.4, 0.5) is 10.1 Å². The van der Waals surface area contributed by atoms with Gasteiger partial charge in [0.05, 0.1) is 23.1 Å². The molecule has 0 aliphatic rings. The molecule has 1 heterocycles. The number of hydrogen-bond acceptors (Lipinski definition) is 3. The number of nitrogens with zero attached hydrogens (tertiary/aromatic N) is 1. The number of rotatable bonds is 4. The molecule has 7 heteroatoms. The van der Waals surface area contributed by atoms with Crippen LogP contribution in [0.15, 0.2) is 59.9 Å². The second-order valence-electron chi connectivity index (χ2n) is 5.06. The fourth-order valence-electron chi connectivity index (χ4n) is 2.13. The van der Waals surface area contributed by atoms with Crippen LogP contribution in [-0.2, 0) is 10.0 Å². The van der Waals surface area contributed by atoms with Crippen LogP contribution in [0.3, 0.4) is 0 Å². The highest BCUT2D eigenvalue weighted by atomic mass is 32.2. The van der Waals surface area contributed by atoms with Crippen molar-refractivity contribution >= 4 is 15.7 Å². The van der Waals surface area contributed by atoms with Crippen molar-refractivity contribution in [2.45, 2.75) is 11.8 Å². The number of hydrogen-bond donors (Lipinski definition) is 2. The van der Waals surface area contributed by atoms with Crippen molar-refractivity contribution in [2.75, 3.05) is 4.72 Å². The first-order chi connectivity index (χ1) is 11.0. The summed E-state index contributed by atoms with van der Waals surface area (Å²) in [6.07, 6.45) is 3.25. The average molecular weight is 331 g/mol. The van der Waals surface area contributed by atoms with Gasteiger partial charge in [0.2, 0.25) is 0 Å². The highest BCUT2D eigenvalue weighted by molar-refractivity contribution is 7.92. The number of sulfonamides is 1. The van der Waals surface area contributed by atoms with Crippen molar-refractivity contribution < 1.29 is 12.8 Å². The smallest absolute Gasteiger partial charge is 0.261 e. The second-order valence-corrected chi connectivity index (χ2v) is 6.74. The number of benzene rings is 2. The van der Waals surface area contributed by atoms with Gasteiger partial charge in [-0.15, -0.1) is 0 Å². The highest BCUT2D eigenvalue weighted by Crippen LogP contribution is 2.22. The van der Waals surface area contributed by atoms with Crippen LogP contribution in [0.1, 0.15) is 5.56 Å². The van der Waals surface area contributed by atoms with Gasteiger partial charge in [0.1, 0.15) is 5.82 Å². The summed E-state index contributed by atoms with van der Waals surface area (Å²) in [4.78, 5) is 6.93. The van der Waals surface area contributed by atoms with E-state index >= 15 is 0 Å². The summed E-state index contributed by atoms with van der Waals surface area (Å²) in [5.74, 6) is -0.437. The topological polar surface area (TPSA) is 74.8 Å². The number of aryl methyl sites for hydroxylation is 1. The first-order valence-electron chi connectivity index (χ1n) is 6.83. The number of nitrogens with one attached hydrogen (secondary N) is 2. The highest BCUT2D eigenvalue weighted by Gasteiger charge is 2.15. The van der Waals surface area contributed by atoms with Crippen molar-refractivity contribution in [3.63, 3.8) is 0 Å². The SMILES string of the molecule is Cc1cc(S(=O)(=O)Nc2ccc(-c3cnc[nH]3)cc2)ccc1F. The number of halogens is 1. The lowest BCUT2D eigenvalue weighted by molar-refractivity contribution is 0.598. The predicted octanol–water partition coefficient (Wildman–Crippen LogP) is 3.33. The molecule has 23 heavy (non-hydrogen) atoms. The number of aromatic nitrogens is 2. The van der Waals surface area contributed by atoms with Crippen LogP contribution in [-0.4, -0.2) is 18.4 Å². The van der Waals surface area contributed by atoms with E-state index in [4.69, 9.17) is 0 Å². The second kappa shape index (κ2) is 5.85. The van der Waals surface area contributed by atoms with Crippen molar-refractivity contribution in [3.8, 4) is 11.3 Å². The van der Waals surface area contributed by atoms with Crippen LogP contribution in [0, 0.1) is 12.7 Å². The molecule has 3 aromatic rings. The molecule has 0 spiro atoms. The van der Waals surface area contributed by atoms with Gasteiger partial charge in [-0.1, -0.05) is 12.1 Å². The molecule has 0 atom stereocenters. The van der Waals surface area contributed by atoms with Gasteiger partial charge in [0, 0.05) is 5.69 Å². The fourth-order valence-corrected chi connectivity index (χ4v) is 3.27. The van der Waals surface area contributed by atoms with E-state index in [1.807, 2.05) is 0 Å². The van der Waals surface area contributed by atoms with E-state index in [9.17, 15) is 12.8 Å². The minimum absolute atomic E-state index is 0.0223. The quantitative estimate of drug-likeness (QED) is 0.770. The molecular formula is C16H14FN3O2S. The average Bonchev–Trinajstić information content (AvgIpc) is 3.04. The van der Waals surface area contributed by atoms with Gasteiger partial charge in [-0.25, -0.2) is 17.8 Å². The Balaban J connectivity index is 1.84. The van der Waals surface area contributed by atoms with Gasteiger partial charge in [0.25, 0.3) is 10.0 Å². The molecule has 0 unspecified atom stereocenters. The lowest BCUT2D eigenvalue weighted by Crippen LogP contribution is -2.13. The lowest BCUT2D eigenvalue weighted by atomic mass is 10.1. The van der Waals surface area contributed by atoms with Crippen molar-refractivity contribution in [1.29, 1.82) is 0 Å². The zero-order chi connectivity index (χ0) is 16.4. The maximum Gasteiger partial charge on any atom is 0.261 e. The van der Waals surface area contributed by atoms with Gasteiger partial charge in [-0.3, -0.25) is 4.72 Å². The molecule has 5 nitrogen and oxygen atoms in total. The molecule has 0 aliphatic heterocycles. The van der Waals surface area contributed by atoms with Crippen molar-refractivity contribution in [1.82, 2.24) is 9.97 Å². The van der Waals surface area contributed by atoms with Crippen molar-refractivity contribution in [3.05, 3.63) is 66.4 Å². The molecule has 0 aliphatic carbocycles. The molecule has 3 rings (SSSR count). The Morgan fingerprint density at radius 2 is 1.87 bits per heavy atom. The molecule has 2 aromatic carbocycles. The summed E-state index contributed by atoms with van der Waals surface area (Å²) >= 11 is 0. The predicted molar refractivity (Wildman–Crippen MR) is 86.0 cm³/mol. The molecule has 0 saturated carbocycles. The Morgan fingerprint density at radius 1 is 1.13 bits per heavy atom. The number of imidazole rings is 1. The Hall–Kier alpha value is -2.67. The van der Waals surface area contributed by atoms with Crippen LogP contribution in [0.2, 0.25) is 0 Å². The Morgan fingerprint density at radius 3 is 2.48 bits per heavy atom. The fraction of sp³-hybridized carbons (Fsp3) is 0.0625. The molecular weight excluding hydrogens is 317 g/mol. The monoisotopic (exact) mass is 331 g/mol. The first kappa shape index (κ1) is 15.2. The van der Waals surface area contributed by atoms with Gasteiger partial charge in [-0.2, -0.15) is 0 Å². The van der Waals surface area contributed by atoms with Crippen LogP contribution < -0.4 is 4.72 Å². The van der Waals surface area contributed by atoms with Gasteiger partial charge in [-0.05, 0) is 48.4 Å². The zero-order valence-corrected chi connectivity index (χ0v) is 13.1. The third kappa shape index (κ3) is 3.24. The molecule has 0 bridgehead atoms. The summed E-state index contributed by atoms with van der Waals surface area (Å²) in [5, 5.41) is 0. The van der Waals surface area contributed by atoms with Gasteiger partial charge >= 0.3 is 0 Å². The number of anilines is 1. The molecule has 0 saturated heterocycles. The normalized spacial score (nSPS) is 11.4. The van der Waals surface area contributed by atoms with Gasteiger partial charge < -0.3 is 4.98 Å². The minimum Gasteiger partial charge on any atom is -0.345 e. The van der Waals surface area contributed by atoms with E-state index in [0.717, 1.165) is 17.3 Å². The third-order valence-corrected chi connectivity index (χ3v) is 4.77. The van der Waals surface area contributed by atoms with Crippen molar-refractivity contribution in [2.24, 2.45) is 0 Å². The van der Waals surface area contributed by atoms with E-state index in [-0.39, 0.29) is 10.5 Å². The zero-order valence-electron chi connectivity index (χ0n) is 12.2. The summed E-state index contributed by atoms with van der Waals surface area (Å²) in [5.41, 5.74) is 2.44. The standard InChI is InChI=1S/C16H14FN3O2S/c1-11-8-14(6-7-15(11)17)23(21,22)20-13-4-2-12(3-5-13)16-9-18-10-19-16/h2-10,20H,1H3,(H,18,19). The molecule has 0 fully saturated rings. The molecule has 0 radical (unpaired) electrons. The van der Waals surface area contributed by atoms with E-state index in [1.165, 1.54) is 19.1 Å². The van der Waals surface area contributed by atoms with Gasteiger partial charge in [0.15, 0.2) is 0 Å². The summed E-state index contributed by atoms with van der Waals surface area (Å²) in [6.45, 7) is 1.52. The Bertz CT molecular complexity index is 920. The maximum absolute atomic E-state index is 13.3. The minimum atomic E-state index is -3.76. The molecule has 0 amide bonds. The third-order valence-electron chi connectivity index (χ3n) is 3.39. The summed E-state index contributed by atoms with van der Waals surface area (Å²) in [7, 11) is -3.76. The summed E-state index contributed by atoms with van der Waals surface area (Å²) in [6, 6.07) is 10.6. The van der Waals surface area contributed by atoms with Crippen LogP contribution >= 0.6 is 0 Å². The number of H-pyrrole nitrogens is 1.